The summed E-state index contributed by atoms with van der Waals surface area (Å²) in [5.74, 6) is 0.852. The molecular weight excluding hydrogens is 442 g/mol. The molecule has 5 heterocycles. The van der Waals surface area contributed by atoms with Gasteiger partial charge in [-0.15, -0.1) is 0 Å². The summed E-state index contributed by atoms with van der Waals surface area (Å²) in [5.41, 5.74) is 9.06. The van der Waals surface area contributed by atoms with E-state index in [0.29, 0.717) is 0 Å². The van der Waals surface area contributed by atoms with Gasteiger partial charge in [-0.1, -0.05) is 54.6 Å². The molecule has 0 saturated heterocycles. The molecule has 0 aliphatic rings. The van der Waals surface area contributed by atoms with Gasteiger partial charge in [-0.2, -0.15) is 0 Å². The molecule has 5 nitrogen and oxygen atoms in total. The number of aromatic nitrogens is 5. The standard InChI is InChI=1S/C31H19N5/c1-2-9-20(10-3-1)23-19-28(33-24-12-8-17-32-29(23)24)36-25-13-5-4-11-21(25)22-15-16-26-30(31(22)36)34-27-14-6-7-18-35(26)27/h1-19H. The second kappa shape index (κ2) is 7.23. The van der Waals surface area contributed by atoms with Crippen LogP contribution >= 0.6 is 0 Å². The molecule has 36 heavy (non-hydrogen) atoms. The smallest absolute Gasteiger partial charge is 0.139 e. The van der Waals surface area contributed by atoms with E-state index in [1.54, 1.807) is 0 Å². The highest BCUT2D eigenvalue weighted by Crippen LogP contribution is 2.37. The van der Waals surface area contributed by atoms with E-state index in [9.17, 15) is 0 Å². The van der Waals surface area contributed by atoms with Crippen LogP contribution in [0.2, 0.25) is 0 Å². The van der Waals surface area contributed by atoms with Gasteiger partial charge in [0.25, 0.3) is 0 Å². The van der Waals surface area contributed by atoms with Crippen LogP contribution in [-0.4, -0.2) is 23.9 Å². The first kappa shape index (κ1) is 19.3. The van der Waals surface area contributed by atoms with E-state index < -0.39 is 0 Å². The van der Waals surface area contributed by atoms with E-state index >= 15 is 0 Å². The molecule has 0 N–H and O–H groups in total. The summed E-state index contributed by atoms with van der Waals surface area (Å²) in [6.07, 6.45) is 3.90. The maximum absolute atomic E-state index is 5.13. The summed E-state index contributed by atoms with van der Waals surface area (Å²) in [7, 11) is 0. The van der Waals surface area contributed by atoms with E-state index in [1.807, 2.05) is 42.6 Å². The fraction of sp³-hybridized carbons (Fsp3) is 0. The molecule has 5 aromatic heterocycles. The molecule has 0 spiro atoms. The normalized spacial score (nSPS) is 11.9. The molecule has 8 aromatic rings. The van der Waals surface area contributed by atoms with Crippen LogP contribution in [0.4, 0.5) is 0 Å². The van der Waals surface area contributed by atoms with Gasteiger partial charge < -0.3 is 0 Å². The number of para-hydroxylation sites is 1. The zero-order valence-electron chi connectivity index (χ0n) is 19.2. The van der Waals surface area contributed by atoms with E-state index in [4.69, 9.17) is 15.0 Å². The van der Waals surface area contributed by atoms with Gasteiger partial charge in [0, 0.05) is 28.7 Å². The van der Waals surface area contributed by atoms with Gasteiger partial charge in [0.2, 0.25) is 0 Å². The summed E-state index contributed by atoms with van der Waals surface area (Å²) in [5, 5.41) is 2.34. The lowest BCUT2D eigenvalue weighted by Gasteiger charge is -2.12. The fourth-order valence-corrected chi connectivity index (χ4v) is 5.42. The van der Waals surface area contributed by atoms with Crippen LogP contribution in [0.1, 0.15) is 0 Å². The summed E-state index contributed by atoms with van der Waals surface area (Å²) >= 11 is 0. The van der Waals surface area contributed by atoms with Gasteiger partial charge in [0.05, 0.1) is 27.6 Å². The third-order valence-corrected chi connectivity index (χ3v) is 6.98. The molecule has 5 heteroatoms. The molecule has 3 aromatic carbocycles. The topological polar surface area (TPSA) is 48.0 Å². The van der Waals surface area contributed by atoms with E-state index in [2.05, 4.69) is 81.9 Å². The average molecular weight is 462 g/mol. The Kier molecular flexibility index (Phi) is 3.88. The second-order valence-corrected chi connectivity index (χ2v) is 8.99. The number of imidazole rings is 1. The summed E-state index contributed by atoms with van der Waals surface area (Å²) < 4.78 is 4.40. The lowest BCUT2D eigenvalue weighted by atomic mass is 10.0. The van der Waals surface area contributed by atoms with Crippen molar-refractivity contribution in [2.24, 2.45) is 0 Å². The second-order valence-electron chi connectivity index (χ2n) is 8.99. The van der Waals surface area contributed by atoms with Crippen molar-refractivity contribution >= 4 is 49.5 Å². The summed E-state index contributed by atoms with van der Waals surface area (Å²) in [6, 6.07) is 35.5. The Hall–Kier alpha value is -5.03. The highest BCUT2D eigenvalue weighted by atomic mass is 15.1. The van der Waals surface area contributed by atoms with Crippen molar-refractivity contribution in [1.82, 2.24) is 23.9 Å². The highest BCUT2D eigenvalue weighted by molar-refractivity contribution is 6.17. The largest absolute Gasteiger partial charge is 0.300 e. The van der Waals surface area contributed by atoms with Crippen molar-refractivity contribution in [3.8, 4) is 16.9 Å². The molecule has 0 bridgehead atoms. The van der Waals surface area contributed by atoms with Gasteiger partial charge >= 0.3 is 0 Å². The predicted molar refractivity (Wildman–Crippen MR) is 146 cm³/mol. The van der Waals surface area contributed by atoms with Gasteiger partial charge in [0.15, 0.2) is 0 Å². The molecule has 0 radical (unpaired) electrons. The molecule has 0 amide bonds. The van der Waals surface area contributed by atoms with Crippen LogP contribution in [0.5, 0.6) is 0 Å². The van der Waals surface area contributed by atoms with E-state index in [-0.39, 0.29) is 0 Å². The number of hydrogen-bond acceptors (Lipinski definition) is 3. The Bertz CT molecular complexity index is 2100. The number of pyridine rings is 3. The minimum absolute atomic E-state index is 0.852. The minimum Gasteiger partial charge on any atom is -0.300 e. The van der Waals surface area contributed by atoms with Gasteiger partial charge in [-0.3, -0.25) is 14.0 Å². The molecule has 0 atom stereocenters. The zero-order chi connectivity index (χ0) is 23.6. The third-order valence-electron chi connectivity index (χ3n) is 6.98. The SMILES string of the molecule is c1ccc(-c2cc(-n3c4ccccc4c4ccc5c(nc6ccccn65)c43)nc3cccnc23)cc1. The van der Waals surface area contributed by atoms with Crippen molar-refractivity contribution in [3.05, 3.63) is 116 Å². The molecule has 0 unspecified atom stereocenters. The van der Waals surface area contributed by atoms with Crippen molar-refractivity contribution in [2.45, 2.75) is 0 Å². The number of fused-ring (bicyclic) bond motifs is 8. The van der Waals surface area contributed by atoms with Gasteiger partial charge in [-0.05, 0) is 54.1 Å². The molecule has 0 aliphatic carbocycles. The maximum Gasteiger partial charge on any atom is 0.139 e. The molecule has 8 rings (SSSR count). The Balaban J connectivity index is 1.57. The first-order valence-corrected chi connectivity index (χ1v) is 12.0. The lowest BCUT2D eigenvalue weighted by molar-refractivity contribution is 1.10. The van der Waals surface area contributed by atoms with E-state index in [0.717, 1.165) is 61.1 Å². The quantitative estimate of drug-likeness (QED) is 0.274. The van der Waals surface area contributed by atoms with Crippen LogP contribution in [0.25, 0.3) is 66.5 Å². The number of nitrogens with zero attached hydrogens (tertiary/aromatic N) is 5. The van der Waals surface area contributed by atoms with Crippen molar-refractivity contribution in [1.29, 1.82) is 0 Å². The first-order valence-electron chi connectivity index (χ1n) is 12.0. The number of benzene rings is 3. The summed E-state index contributed by atoms with van der Waals surface area (Å²) in [6.45, 7) is 0. The fourth-order valence-electron chi connectivity index (χ4n) is 5.42. The Labute approximate surface area is 205 Å². The van der Waals surface area contributed by atoms with Crippen LogP contribution in [0.15, 0.2) is 116 Å². The Morgan fingerprint density at radius 3 is 2.42 bits per heavy atom. The van der Waals surface area contributed by atoms with Crippen molar-refractivity contribution < 1.29 is 0 Å². The van der Waals surface area contributed by atoms with Crippen LogP contribution in [0.3, 0.4) is 0 Å². The molecule has 0 fully saturated rings. The van der Waals surface area contributed by atoms with Crippen LogP contribution in [0, 0.1) is 0 Å². The highest BCUT2D eigenvalue weighted by Gasteiger charge is 2.20. The Morgan fingerprint density at radius 2 is 1.47 bits per heavy atom. The monoisotopic (exact) mass is 461 g/mol. The third kappa shape index (κ3) is 2.62. The van der Waals surface area contributed by atoms with Crippen molar-refractivity contribution in [2.75, 3.05) is 0 Å². The minimum atomic E-state index is 0.852. The number of hydrogen-bond donors (Lipinski definition) is 0. The van der Waals surface area contributed by atoms with Crippen molar-refractivity contribution in [3.63, 3.8) is 0 Å². The molecule has 0 saturated carbocycles. The number of rotatable bonds is 2. The average Bonchev–Trinajstić information content (AvgIpc) is 3.49. The maximum atomic E-state index is 5.13. The van der Waals surface area contributed by atoms with Gasteiger partial charge in [0.1, 0.15) is 17.0 Å². The Morgan fingerprint density at radius 1 is 0.611 bits per heavy atom. The van der Waals surface area contributed by atoms with Crippen LogP contribution < -0.4 is 0 Å². The molecular formula is C31H19N5. The van der Waals surface area contributed by atoms with Crippen LogP contribution in [-0.2, 0) is 0 Å². The zero-order valence-corrected chi connectivity index (χ0v) is 19.2. The lowest BCUT2D eigenvalue weighted by Crippen LogP contribution is -2.00. The van der Waals surface area contributed by atoms with Gasteiger partial charge in [-0.25, -0.2) is 9.97 Å². The summed E-state index contributed by atoms with van der Waals surface area (Å²) in [4.78, 5) is 14.9. The molecule has 168 valence electrons. The first-order chi connectivity index (χ1) is 17.9. The molecule has 0 aliphatic heterocycles. The van der Waals surface area contributed by atoms with E-state index in [1.165, 1.54) is 5.39 Å². The predicted octanol–water partition coefficient (Wildman–Crippen LogP) is 7.19.